The highest BCUT2D eigenvalue weighted by Gasteiger charge is 2.16. The Balaban J connectivity index is 1.86. The molecule has 5 nitrogen and oxygen atoms in total. The minimum Gasteiger partial charge on any atom is -0.490 e. The van der Waals surface area contributed by atoms with Gasteiger partial charge in [-0.25, -0.2) is 0 Å². The number of benzene rings is 3. The van der Waals surface area contributed by atoms with Crippen molar-refractivity contribution >= 4 is 5.97 Å². The molecule has 0 aromatic heterocycles. The summed E-state index contributed by atoms with van der Waals surface area (Å²) < 4.78 is 17.4. The number of carboxylic acids is 1. The topological polar surface area (TPSA) is 65.0 Å². The lowest BCUT2D eigenvalue weighted by Gasteiger charge is -2.17. The monoisotopic (exact) mass is 378 g/mol. The van der Waals surface area contributed by atoms with Crippen molar-refractivity contribution in [2.75, 3.05) is 7.11 Å². The predicted octanol–water partition coefficient (Wildman–Crippen LogP) is 4.48. The summed E-state index contributed by atoms with van der Waals surface area (Å²) in [6.07, 6.45) is -0.132. The Morgan fingerprint density at radius 1 is 0.786 bits per heavy atom. The number of ether oxygens (including phenoxy) is 3. The van der Waals surface area contributed by atoms with Gasteiger partial charge in [0.05, 0.1) is 13.5 Å². The van der Waals surface area contributed by atoms with E-state index in [9.17, 15) is 9.90 Å². The molecule has 0 aliphatic rings. The van der Waals surface area contributed by atoms with E-state index in [0.717, 1.165) is 11.1 Å². The Morgan fingerprint density at radius 3 is 1.64 bits per heavy atom. The van der Waals surface area contributed by atoms with Crippen LogP contribution in [0.3, 0.4) is 0 Å². The lowest BCUT2D eigenvalue weighted by atomic mass is 10.1. The van der Waals surface area contributed by atoms with Gasteiger partial charge < -0.3 is 19.3 Å². The van der Waals surface area contributed by atoms with Crippen molar-refractivity contribution in [2.24, 2.45) is 0 Å². The van der Waals surface area contributed by atoms with Gasteiger partial charge in [-0.15, -0.1) is 0 Å². The second-order valence-corrected chi connectivity index (χ2v) is 6.24. The number of rotatable bonds is 9. The lowest BCUT2D eigenvalue weighted by molar-refractivity contribution is -0.136. The molecule has 0 fully saturated rings. The molecule has 3 aromatic carbocycles. The first kappa shape index (κ1) is 19.3. The first-order chi connectivity index (χ1) is 13.7. The highest BCUT2D eigenvalue weighted by atomic mass is 16.5. The number of carboxylic acid groups (broad SMARTS) is 1. The van der Waals surface area contributed by atoms with Gasteiger partial charge in [0.1, 0.15) is 13.2 Å². The molecule has 28 heavy (non-hydrogen) atoms. The van der Waals surface area contributed by atoms with Crippen molar-refractivity contribution in [2.45, 2.75) is 19.6 Å². The lowest BCUT2D eigenvalue weighted by Crippen LogP contribution is -2.05. The maximum atomic E-state index is 11.2. The second-order valence-electron chi connectivity index (χ2n) is 6.24. The number of hydrogen-bond acceptors (Lipinski definition) is 4. The van der Waals surface area contributed by atoms with Crippen LogP contribution >= 0.6 is 0 Å². The molecule has 0 unspecified atom stereocenters. The van der Waals surface area contributed by atoms with Gasteiger partial charge in [0.2, 0.25) is 5.75 Å². The molecule has 0 atom stereocenters. The summed E-state index contributed by atoms with van der Waals surface area (Å²) >= 11 is 0. The highest BCUT2D eigenvalue weighted by molar-refractivity contribution is 5.71. The molecule has 0 amide bonds. The third-order valence-corrected chi connectivity index (χ3v) is 4.11. The van der Waals surface area contributed by atoms with Gasteiger partial charge in [0, 0.05) is 0 Å². The highest BCUT2D eigenvalue weighted by Crippen LogP contribution is 2.39. The molecule has 1 N–H and O–H groups in total. The van der Waals surface area contributed by atoms with Crippen LogP contribution in [-0.2, 0) is 24.4 Å². The maximum Gasteiger partial charge on any atom is 0.307 e. The van der Waals surface area contributed by atoms with Crippen molar-refractivity contribution in [3.63, 3.8) is 0 Å². The normalized spacial score (nSPS) is 10.3. The quantitative estimate of drug-likeness (QED) is 0.595. The summed E-state index contributed by atoms with van der Waals surface area (Å²) in [5.41, 5.74) is 2.58. The number of methoxy groups -OCH3 is 1. The zero-order chi connectivity index (χ0) is 19.8. The minimum atomic E-state index is -0.923. The average molecular weight is 378 g/mol. The van der Waals surface area contributed by atoms with Crippen molar-refractivity contribution in [3.8, 4) is 17.2 Å². The molecule has 0 heterocycles. The number of hydrogen-bond donors (Lipinski definition) is 1. The van der Waals surface area contributed by atoms with E-state index in [0.29, 0.717) is 36.0 Å². The van der Waals surface area contributed by atoms with Gasteiger partial charge in [-0.3, -0.25) is 4.79 Å². The Hall–Kier alpha value is -3.47. The van der Waals surface area contributed by atoms with E-state index in [1.54, 1.807) is 12.1 Å². The van der Waals surface area contributed by atoms with Crippen LogP contribution in [0.4, 0.5) is 0 Å². The van der Waals surface area contributed by atoms with Crippen LogP contribution in [0, 0.1) is 0 Å². The van der Waals surface area contributed by atoms with Crippen molar-refractivity contribution < 1.29 is 24.1 Å². The number of aliphatic carboxylic acids is 1. The summed E-state index contributed by atoms with van der Waals surface area (Å²) in [6, 6.07) is 22.8. The first-order valence-corrected chi connectivity index (χ1v) is 8.92. The Bertz CT molecular complexity index is 842. The SMILES string of the molecule is COc1c(OCc2ccccc2)cc(CC(=O)O)cc1OCc1ccccc1. The summed E-state index contributed by atoms with van der Waals surface area (Å²) in [6.45, 7) is 0.678. The molecule has 0 radical (unpaired) electrons. The van der Waals surface area contributed by atoms with Gasteiger partial charge in [-0.05, 0) is 28.8 Å². The molecule has 144 valence electrons. The summed E-state index contributed by atoms with van der Waals surface area (Å²) in [7, 11) is 1.54. The van der Waals surface area contributed by atoms with Crippen molar-refractivity contribution in [3.05, 3.63) is 89.5 Å². The summed E-state index contributed by atoms with van der Waals surface area (Å²) in [4.78, 5) is 11.2. The van der Waals surface area contributed by atoms with Crippen LogP contribution in [0.2, 0.25) is 0 Å². The second kappa shape index (κ2) is 9.46. The van der Waals surface area contributed by atoms with Crippen LogP contribution < -0.4 is 14.2 Å². The smallest absolute Gasteiger partial charge is 0.307 e. The van der Waals surface area contributed by atoms with E-state index < -0.39 is 5.97 Å². The number of carbonyl (C=O) groups is 1. The van der Waals surface area contributed by atoms with E-state index in [2.05, 4.69) is 0 Å². The molecule has 0 bridgehead atoms. The van der Waals surface area contributed by atoms with Gasteiger partial charge >= 0.3 is 5.97 Å². The van der Waals surface area contributed by atoms with Crippen LogP contribution in [0.5, 0.6) is 17.2 Å². The Labute approximate surface area is 164 Å². The first-order valence-electron chi connectivity index (χ1n) is 8.92. The molecule has 5 heteroatoms. The van der Waals surface area contributed by atoms with Crippen LogP contribution in [-0.4, -0.2) is 18.2 Å². The third kappa shape index (κ3) is 5.27. The molecular weight excluding hydrogens is 356 g/mol. The van der Waals surface area contributed by atoms with Crippen LogP contribution in [0.25, 0.3) is 0 Å². The standard InChI is InChI=1S/C23H22O5/c1-26-23-20(27-15-17-8-4-2-5-9-17)12-19(14-22(24)25)13-21(23)28-16-18-10-6-3-7-11-18/h2-13H,14-16H2,1H3,(H,24,25). The Kier molecular flexibility index (Phi) is 6.52. The largest absolute Gasteiger partial charge is 0.490 e. The zero-order valence-corrected chi connectivity index (χ0v) is 15.6. The van der Waals surface area contributed by atoms with E-state index in [-0.39, 0.29) is 6.42 Å². The molecule has 0 saturated heterocycles. The molecular formula is C23H22O5. The molecule has 0 spiro atoms. The van der Waals surface area contributed by atoms with Crippen molar-refractivity contribution in [1.29, 1.82) is 0 Å². The van der Waals surface area contributed by atoms with E-state index in [4.69, 9.17) is 14.2 Å². The third-order valence-electron chi connectivity index (χ3n) is 4.11. The predicted molar refractivity (Wildman–Crippen MR) is 106 cm³/mol. The average Bonchev–Trinajstić information content (AvgIpc) is 2.71. The molecule has 0 saturated carbocycles. The van der Waals surface area contributed by atoms with Gasteiger partial charge in [-0.1, -0.05) is 60.7 Å². The molecule has 0 aliphatic carbocycles. The molecule has 0 aliphatic heterocycles. The van der Waals surface area contributed by atoms with E-state index in [1.807, 2.05) is 60.7 Å². The van der Waals surface area contributed by atoms with E-state index >= 15 is 0 Å². The van der Waals surface area contributed by atoms with Gasteiger partial charge in [0.25, 0.3) is 0 Å². The fraction of sp³-hybridized carbons (Fsp3) is 0.174. The maximum absolute atomic E-state index is 11.2. The summed E-state index contributed by atoms with van der Waals surface area (Å²) in [5.74, 6) is 0.426. The van der Waals surface area contributed by atoms with Gasteiger partial charge in [0.15, 0.2) is 11.5 Å². The van der Waals surface area contributed by atoms with Crippen LogP contribution in [0.15, 0.2) is 72.8 Å². The Morgan fingerprint density at radius 2 is 1.25 bits per heavy atom. The molecule has 3 rings (SSSR count). The fourth-order valence-corrected chi connectivity index (χ4v) is 2.79. The van der Waals surface area contributed by atoms with E-state index in [1.165, 1.54) is 7.11 Å². The molecule has 3 aromatic rings. The zero-order valence-electron chi connectivity index (χ0n) is 15.6. The van der Waals surface area contributed by atoms with Crippen molar-refractivity contribution in [1.82, 2.24) is 0 Å². The fourth-order valence-electron chi connectivity index (χ4n) is 2.79. The minimum absolute atomic E-state index is 0.132. The van der Waals surface area contributed by atoms with Gasteiger partial charge in [-0.2, -0.15) is 0 Å². The van der Waals surface area contributed by atoms with Crippen LogP contribution in [0.1, 0.15) is 16.7 Å². The summed E-state index contributed by atoms with van der Waals surface area (Å²) in [5, 5.41) is 9.18.